The minimum atomic E-state index is -4.92. The second kappa shape index (κ2) is 7.60. The Morgan fingerprint density at radius 3 is 2.34 bits per heavy atom. The van der Waals surface area contributed by atoms with Crippen LogP contribution in [0.4, 0.5) is 14.0 Å². The van der Waals surface area contributed by atoms with Gasteiger partial charge in [0.25, 0.3) is 11.8 Å². The standard InChI is InChI=1S/C13H19FN6O8S/c14-6-3-9(18(4-6)12(15)23)11(22)17-16-10(21)8-2-1-7-5-19(8)13(24)20(7)28-29(25,26)27/h6-9H,1-5H2,(H2,15,23)(H,16,21)(H,17,22)(H,25,26,27)/t6-,7-,8-,9-/m0/s1. The fourth-order valence-corrected chi connectivity index (χ4v) is 4.06. The average Bonchev–Trinajstić information content (AvgIpc) is 3.13. The minimum absolute atomic E-state index is 0.0258. The van der Waals surface area contributed by atoms with Crippen molar-refractivity contribution < 1.29 is 40.8 Å². The number of alkyl halides is 1. The fraction of sp³-hybridized carbons (Fsp3) is 0.692. The molecule has 14 nitrogen and oxygen atoms in total. The molecule has 0 aromatic rings. The van der Waals surface area contributed by atoms with Gasteiger partial charge in [0, 0.05) is 13.0 Å². The van der Waals surface area contributed by atoms with Gasteiger partial charge in [-0.15, -0.1) is 4.28 Å². The molecule has 0 aromatic carbocycles. The summed E-state index contributed by atoms with van der Waals surface area (Å²) in [6.07, 6.45) is -1.37. The monoisotopic (exact) mass is 438 g/mol. The molecule has 0 aliphatic carbocycles. The van der Waals surface area contributed by atoms with Crippen LogP contribution in [0.15, 0.2) is 0 Å². The van der Waals surface area contributed by atoms with Gasteiger partial charge in [-0.05, 0) is 12.8 Å². The maximum absolute atomic E-state index is 13.5. The summed E-state index contributed by atoms with van der Waals surface area (Å²) in [7, 11) is -4.92. The summed E-state index contributed by atoms with van der Waals surface area (Å²) in [4.78, 5) is 50.0. The van der Waals surface area contributed by atoms with Crippen molar-refractivity contribution in [1.82, 2.24) is 25.7 Å². The van der Waals surface area contributed by atoms with Crippen LogP contribution in [0, 0.1) is 0 Å². The zero-order chi connectivity index (χ0) is 21.5. The summed E-state index contributed by atoms with van der Waals surface area (Å²) in [6.45, 7) is -0.362. The third-order valence-corrected chi connectivity index (χ3v) is 5.29. The SMILES string of the molecule is NC(=O)N1C[C@@H](F)C[C@H]1C(=O)NNC(=O)[C@@H]1CC[C@H]2CN1C(=O)N2OS(=O)(=O)O. The number of amides is 6. The molecular formula is C13H19FN6O8S. The number of hydrogen-bond donors (Lipinski definition) is 4. The Balaban J connectivity index is 1.58. The summed E-state index contributed by atoms with van der Waals surface area (Å²) < 4.78 is 48.2. The van der Waals surface area contributed by atoms with Crippen LogP contribution in [0.25, 0.3) is 0 Å². The molecule has 3 saturated heterocycles. The van der Waals surface area contributed by atoms with E-state index in [4.69, 9.17) is 10.3 Å². The highest BCUT2D eigenvalue weighted by Crippen LogP contribution is 2.30. The van der Waals surface area contributed by atoms with Gasteiger partial charge >= 0.3 is 22.5 Å². The van der Waals surface area contributed by atoms with Crippen LogP contribution in [0.1, 0.15) is 19.3 Å². The number of rotatable bonds is 4. The van der Waals surface area contributed by atoms with Gasteiger partial charge in [-0.25, -0.2) is 14.0 Å². The van der Waals surface area contributed by atoms with Crippen molar-refractivity contribution in [3.05, 3.63) is 0 Å². The molecule has 0 unspecified atom stereocenters. The normalized spacial score (nSPS) is 29.2. The molecule has 3 heterocycles. The highest BCUT2D eigenvalue weighted by molar-refractivity contribution is 7.80. The number of nitrogens with zero attached hydrogens (tertiary/aromatic N) is 3. The maximum atomic E-state index is 13.5. The molecule has 3 aliphatic rings. The Morgan fingerprint density at radius 2 is 1.76 bits per heavy atom. The summed E-state index contributed by atoms with van der Waals surface area (Å²) in [5, 5.41) is 0.478. The number of likely N-dealkylation sites (tertiary alicyclic amines) is 1. The number of hydrazine groups is 1. The van der Waals surface area contributed by atoms with Gasteiger partial charge in [-0.3, -0.25) is 25.0 Å². The quantitative estimate of drug-likeness (QED) is 0.276. The second-order valence-electron chi connectivity index (χ2n) is 6.83. The van der Waals surface area contributed by atoms with Gasteiger partial charge in [0.2, 0.25) is 0 Å². The third-order valence-electron chi connectivity index (χ3n) is 4.94. The third kappa shape index (κ3) is 4.33. The zero-order valence-corrected chi connectivity index (χ0v) is 15.7. The first kappa shape index (κ1) is 21.0. The van der Waals surface area contributed by atoms with Gasteiger partial charge in [0.1, 0.15) is 18.3 Å². The van der Waals surface area contributed by atoms with Gasteiger partial charge in [-0.2, -0.15) is 13.5 Å². The molecule has 3 aliphatic heterocycles. The Hall–Kier alpha value is -2.72. The molecule has 162 valence electrons. The Kier molecular flexibility index (Phi) is 5.50. The van der Waals surface area contributed by atoms with E-state index in [1.54, 1.807) is 0 Å². The number of urea groups is 2. The first-order chi connectivity index (χ1) is 13.5. The van der Waals surface area contributed by atoms with E-state index in [1.807, 2.05) is 0 Å². The van der Waals surface area contributed by atoms with Crippen molar-refractivity contribution in [2.24, 2.45) is 5.73 Å². The molecule has 3 rings (SSSR count). The van der Waals surface area contributed by atoms with E-state index in [0.717, 1.165) is 9.80 Å². The second-order valence-corrected chi connectivity index (χ2v) is 7.83. The lowest BCUT2D eigenvalue weighted by Gasteiger charge is -2.29. The van der Waals surface area contributed by atoms with Gasteiger partial charge in [-0.1, -0.05) is 0 Å². The van der Waals surface area contributed by atoms with Crippen molar-refractivity contribution in [2.75, 3.05) is 13.1 Å². The number of carbonyl (C=O) groups is 4. The van der Waals surface area contributed by atoms with Crippen LogP contribution in [-0.4, -0.2) is 89.1 Å². The van der Waals surface area contributed by atoms with Gasteiger partial charge < -0.3 is 15.5 Å². The summed E-state index contributed by atoms with van der Waals surface area (Å²) in [5.41, 5.74) is 9.29. The van der Waals surface area contributed by atoms with Crippen molar-refractivity contribution >= 4 is 34.3 Å². The van der Waals surface area contributed by atoms with Crippen LogP contribution in [0.5, 0.6) is 0 Å². The molecule has 0 spiro atoms. The number of fused-ring (bicyclic) bond motifs is 2. The van der Waals surface area contributed by atoms with Crippen molar-refractivity contribution in [3.63, 3.8) is 0 Å². The summed E-state index contributed by atoms with van der Waals surface area (Å²) >= 11 is 0. The van der Waals surface area contributed by atoms with E-state index in [9.17, 15) is 32.0 Å². The molecule has 6 amide bonds. The van der Waals surface area contributed by atoms with Crippen LogP contribution in [0.3, 0.4) is 0 Å². The number of primary amides is 1. The molecule has 0 aromatic heterocycles. The molecule has 16 heteroatoms. The molecule has 3 fully saturated rings. The predicted octanol–water partition coefficient (Wildman–Crippen LogP) is -2.37. The Morgan fingerprint density at radius 1 is 1.14 bits per heavy atom. The van der Waals surface area contributed by atoms with E-state index in [1.165, 1.54) is 0 Å². The summed E-state index contributed by atoms with van der Waals surface area (Å²) in [6, 6.07) is -4.82. The average molecular weight is 438 g/mol. The number of hydroxylamine groups is 2. The lowest BCUT2D eigenvalue weighted by Crippen LogP contribution is -2.57. The lowest BCUT2D eigenvalue weighted by molar-refractivity contribution is -0.133. The van der Waals surface area contributed by atoms with E-state index < -0.39 is 58.6 Å². The highest BCUT2D eigenvalue weighted by atomic mass is 32.3. The first-order valence-electron chi connectivity index (χ1n) is 8.54. The topological polar surface area (TPSA) is 192 Å². The number of nitrogens with two attached hydrogens (primary N) is 1. The number of carbonyl (C=O) groups excluding carboxylic acids is 4. The number of nitrogens with one attached hydrogen (secondary N) is 2. The highest BCUT2D eigenvalue weighted by Gasteiger charge is 2.49. The van der Waals surface area contributed by atoms with Crippen molar-refractivity contribution in [3.8, 4) is 0 Å². The van der Waals surface area contributed by atoms with Crippen LogP contribution in [-0.2, 0) is 24.3 Å². The molecule has 5 N–H and O–H groups in total. The van der Waals surface area contributed by atoms with Crippen LogP contribution < -0.4 is 16.6 Å². The number of hydrogen-bond acceptors (Lipinski definition) is 7. The molecule has 29 heavy (non-hydrogen) atoms. The molecule has 2 bridgehead atoms. The van der Waals surface area contributed by atoms with E-state index in [-0.39, 0.29) is 32.4 Å². The van der Waals surface area contributed by atoms with Gasteiger partial charge in [0.05, 0.1) is 12.6 Å². The van der Waals surface area contributed by atoms with Crippen molar-refractivity contribution in [2.45, 2.75) is 43.6 Å². The van der Waals surface area contributed by atoms with Crippen LogP contribution in [0.2, 0.25) is 0 Å². The van der Waals surface area contributed by atoms with Gasteiger partial charge in [0.15, 0.2) is 0 Å². The number of halogens is 1. The number of piperidine rings is 1. The maximum Gasteiger partial charge on any atom is 0.418 e. The zero-order valence-electron chi connectivity index (χ0n) is 14.9. The predicted molar refractivity (Wildman–Crippen MR) is 89.3 cm³/mol. The van der Waals surface area contributed by atoms with Crippen LogP contribution >= 0.6 is 0 Å². The largest absolute Gasteiger partial charge is 0.418 e. The summed E-state index contributed by atoms with van der Waals surface area (Å²) in [5.74, 6) is -1.63. The van der Waals surface area contributed by atoms with Crippen molar-refractivity contribution in [1.29, 1.82) is 0 Å². The molecule has 0 saturated carbocycles. The molecule has 0 radical (unpaired) electrons. The minimum Gasteiger partial charge on any atom is -0.351 e. The first-order valence-corrected chi connectivity index (χ1v) is 9.91. The molecule has 4 atom stereocenters. The van der Waals surface area contributed by atoms with E-state index >= 15 is 0 Å². The van der Waals surface area contributed by atoms with E-state index in [0.29, 0.717) is 5.06 Å². The smallest absolute Gasteiger partial charge is 0.351 e. The lowest BCUT2D eigenvalue weighted by atomic mass is 10.0. The van der Waals surface area contributed by atoms with E-state index in [2.05, 4.69) is 15.1 Å². The Labute approximate surface area is 164 Å². The fourth-order valence-electron chi connectivity index (χ4n) is 3.67. The Bertz CT molecular complexity index is 839. The molecular weight excluding hydrogens is 419 g/mol.